The third-order valence-electron chi connectivity index (χ3n) is 7.74. The van der Waals surface area contributed by atoms with Crippen molar-refractivity contribution < 1.29 is 34.1 Å². The lowest BCUT2D eigenvalue weighted by atomic mass is 9.70. The zero-order chi connectivity index (χ0) is 29.1. The summed E-state index contributed by atoms with van der Waals surface area (Å²) in [5.74, 6) is -2.97. The minimum absolute atomic E-state index is 0.0286. The standard InChI is InChI=1S/C30H29N3O7/c1-14-25(36)23(16(3)34)27-24(26(14)37)30(4)21(40-27)13-20(35)22(28(30)38)15(2)31-10-11-32-29(39)19-12-17-8-6-7-9-18(17)33(19)5/h6-9,12-13,31,36-37H,10-11H2,1-5H3,(H,32,39)/t30-/m0/s1. The number of allylic oxidation sites excluding steroid dienone is 4. The molecule has 0 saturated carbocycles. The average molecular weight is 544 g/mol. The number of ether oxygens (including phenoxy) is 1. The van der Waals surface area contributed by atoms with Crippen LogP contribution in [0.25, 0.3) is 10.9 Å². The van der Waals surface area contributed by atoms with Gasteiger partial charge in [-0.25, -0.2) is 0 Å². The van der Waals surface area contributed by atoms with Crippen molar-refractivity contribution in [2.24, 2.45) is 7.05 Å². The van der Waals surface area contributed by atoms with Crippen molar-refractivity contribution in [2.45, 2.75) is 33.1 Å². The highest BCUT2D eigenvalue weighted by Gasteiger charge is 2.56. The molecule has 3 aromatic rings. The van der Waals surface area contributed by atoms with Gasteiger partial charge in [0.05, 0.1) is 11.1 Å². The maximum absolute atomic E-state index is 13.9. The quantitative estimate of drug-likeness (QED) is 0.161. The maximum Gasteiger partial charge on any atom is 0.267 e. The second-order valence-corrected chi connectivity index (χ2v) is 10.2. The number of ketones is 3. The summed E-state index contributed by atoms with van der Waals surface area (Å²) in [6.45, 7) is 6.21. The van der Waals surface area contributed by atoms with Crippen molar-refractivity contribution in [1.29, 1.82) is 0 Å². The van der Waals surface area contributed by atoms with Crippen LogP contribution < -0.4 is 15.4 Å². The van der Waals surface area contributed by atoms with Crippen LogP contribution in [0.3, 0.4) is 0 Å². The van der Waals surface area contributed by atoms with Crippen molar-refractivity contribution in [3.63, 3.8) is 0 Å². The fourth-order valence-electron chi connectivity index (χ4n) is 5.47. The summed E-state index contributed by atoms with van der Waals surface area (Å²) in [7, 11) is 1.82. The number of rotatable bonds is 6. The largest absolute Gasteiger partial charge is 0.507 e. The third kappa shape index (κ3) is 3.78. The Bertz CT molecular complexity index is 1730. The number of nitrogens with zero attached hydrogens (tertiary/aromatic N) is 1. The first-order valence-corrected chi connectivity index (χ1v) is 12.8. The van der Waals surface area contributed by atoms with Crippen molar-refractivity contribution in [3.8, 4) is 17.2 Å². The molecule has 0 fully saturated rings. The molecule has 206 valence electrons. The molecule has 1 aliphatic heterocycles. The number of carbonyl (C=O) groups excluding carboxylic acids is 4. The summed E-state index contributed by atoms with van der Waals surface area (Å²) in [5.41, 5.74) is -0.0819. The van der Waals surface area contributed by atoms with Crippen molar-refractivity contribution >= 4 is 34.2 Å². The van der Waals surface area contributed by atoms with E-state index in [9.17, 15) is 29.4 Å². The molecule has 0 radical (unpaired) electrons. The number of hydrogen-bond donors (Lipinski definition) is 4. The monoisotopic (exact) mass is 543 g/mol. The Morgan fingerprint density at radius 1 is 1.05 bits per heavy atom. The lowest BCUT2D eigenvalue weighted by Gasteiger charge is -2.29. The van der Waals surface area contributed by atoms with Crippen LogP contribution in [0, 0.1) is 6.92 Å². The molecule has 2 aromatic carbocycles. The Morgan fingerprint density at radius 3 is 2.40 bits per heavy atom. The van der Waals surface area contributed by atoms with Crippen LogP contribution in [0.2, 0.25) is 0 Å². The summed E-state index contributed by atoms with van der Waals surface area (Å²) in [4.78, 5) is 52.0. The lowest BCUT2D eigenvalue weighted by Crippen LogP contribution is -2.41. The summed E-state index contributed by atoms with van der Waals surface area (Å²) in [6.07, 6.45) is 1.17. The average Bonchev–Trinajstić information content (AvgIpc) is 3.40. The van der Waals surface area contributed by atoms with E-state index in [1.165, 1.54) is 26.8 Å². The van der Waals surface area contributed by atoms with E-state index in [4.69, 9.17) is 4.74 Å². The molecule has 0 bridgehead atoms. The van der Waals surface area contributed by atoms with Gasteiger partial charge in [0.1, 0.15) is 39.7 Å². The first-order valence-electron chi connectivity index (χ1n) is 12.8. The second kappa shape index (κ2) is 9.41. The Balaban J connectivity index is 1.38. The second-order valence-electron chi connectivity index (χ2n) is 10.2. The summed E-state index contributed by atoms with van der Waals surface area (Å²) in [5, 5.41) is 28.2. The Kier molecular flexibility index (Phi) is 6.29. The molecular formula is C30H29N3O7. The van der Waals surface area contributed by atoms with Gasteiger partial charge in [-0.2, -0.15) is 0 Å². The van der Waals surface area contributed by atoms with Gasteiger partial charge >= 0.3 is 0 Å². The number of hydrogen-bond acceptors (Lipinski definition) is 8. The number of aromatic nitrogens is 1. The molecule has 40 heavy (non-hydrogen) atoms. The number of aromatic hydroxyl groups is 2. The number of phenolic OH excluding ortho intramolecular Hbond substituents is 2. The van der Waals surface area contributed by atoms with Crippen molar-refractivity contribution in [3.05, 3.63) is 75.8 Å². The fourth-order valence-corrected chi connectivity index (χ4v) is 5.47. The minimum atomic E-state index is -1.59. The fraction of sp³-hybridized carbons (Fsp3) is 0.267. The molecule has 10 heteroatoms. The predicted octanol–water partition coefficient (Wildman–Crippen LogP) is 3.08. The van der Waals surface area contributed by atoms with E-state index in [-0.39, 0.29) is 58.5 Å². The number of aryl methyl sites for hydroxylation is 1. The zero-order valence-electron chi connectivity index (χ0n) is 22.8. The SMILES string of the molecule is CC(=O)c1c(O)c(C)c(O)c2c1OC1=CC(=O)C(=C(C)NCCNC(=O)c3cc4ccccc4n3C)C(=O)[C@@]12C. The minimum Gasteiger partial charge on any atom is -0.507 e. The van der Waals surface area contributed by atoms with Crippen molar-refractivity contribution in [1.82, 2.24) is 15.2 Å². The molecule has 4 N–H and O–H groups in total. The number of para-hydroxylation sites is 1. The van der Waals surface area contributed by atoms with E-state index in [1.807, 2.05) is 41.9 Å². The van der Waals surface area contributed by atoms with E-state index in [1.54, 1.807) is 6.92 Å². The summed E-state index contributed by atoms with van der Waals surface area (Å²) in [6, 6.07) is 9.48. The summed E-state index contributed by atoms with van der Waals surface area (Å²) >= 11 is 0. The van der Waals surface area contributed by atoms with Gasteiger partial charge in [-0.05, 0) is 39.8 Å². The number of benzene rings is 2. The van der Waals surface area contributed by atoms with Gasteiger partial charge in [-0.3, -0.25) is 19.2 Å². The van der Waals surface area contributed by atoms with E-state index in [0.717, 1.165) is 10.9 Å². The topological polar surface area (TPSA) is 147 Å². The predicted molar refractivity (Wildman–Crippen MR) is 147 cm³/mol. The smallest absolute Gasteiger partial charge is 0.267 e. The number of amides is 1. The van der Waals surface area contributed by atoms with Gasteiger partial charge in [0.2, 0.25) is 0 Å². The Hall–Kier alpha value is -4.86. The van der Waals surface area contributed by atoms with E-state index >= 15 is 0 Å². The highest BCUT2D eigenvalue weighted by molar-refractivity contribution is 6.31. The molecule has 0 saturated heterocycles. The van der Waals surface area contributed by atoms with Crippen LogP contribution in [0.15, 0.2) is 53.4 Å². The number of carbonyl (C=O) groups is 4. The molecule has 2 aliphatic rings. The molecular weight excluding hydrogens is 514 g/mol. The molecule has 1 amide bonds. The molecule has 1 atom stereocenters. The van der Waals surface area contributed by atoms with Crippen LogP contribution in [0.4, 0.5) is 0 Å². The molecule has 10 nitrogen and oxygen atoms in total. The Labute approximate surface area is 229 Å². The Morgan fingerprint density at radius 2 is 1.73 bits per heavy atom. The van der Waals surface area contributed by atoms with E-state index in [2.05, 4.69) is 10.6 Å². The van der Waals surface area contributed by atoms with Crippen LogP contribution in [0.1, 0.15) is 52.7 Å². The molecule has 1 aromatic heterocycles. The number of phenols is 2. The van der Waals surface area contributed by atoms with Crippen LogP contribution in [-0.2, 0) is 22.1 Å². The van der Waals surface area contributed by atoms with Gasteiger partial charge in [0.15, 0.2) is 17.3 Å². The van der Waals surface area contributed by atoms with Gasteiger partial charge in [-0.15, -0.1) is 0 Å². The molecule has 0 unspecified atom stereocenters. The number of nitrogens with one attached hydrogen (secondary N) is 2. The van der Waals surface area contributed by atoms with Crippen LogP contribution in [0.5, 0.6) is 17.2 Å². The molecule has 0 spiro atoms. The summed E-state index contributed by atoms with van der Waals surface area (Å²) < 4.78 is 7.59. The number of Topliss-reactive ketones (excluding diaryl/α,β-unsaturated/α-hetero) is 2. The third-order valence-corrected chi connectivity index (χ3v) is 7.74. The maximum atomic E-state index is 13.9. The first-order chi connectivity index (χ1) is 18.9. The molecule has 1 aliphatic carbocycles. The van der Waals surface area contributed by atoms with Gasteiger partial charge in [0, 0.05) is 48.4 Å². The first kappa shape index (κ1) is 26.7. The van der Waals surface area contributed by atoms with E-state index in [0.29, 0.717) is 11.4 Å². The van der Waals surface area contributed by atoms with Crippen LogP contribution in [-0.4, -0.2) is 51.1 Å². The molecule has 2 heterocycles. The molecule has 5 rings (SSSR count). The van der Waals surface area contributed by atoms with Gasteiger partial charge in [0.25, 0.3) is 5.91 Å². The highest BCUT2D eigenvalue weighted by Crippen LogP contribution is 2.57. The highest BCUT2D eigenvalue weighted by atomic mass is 16.5. The zero-order valence-corrected chi connectivity index (χ0v) is 22.8. The van der Waals surface area contributed by atoms with Crippen LogP contribution >= 0.6 is 0 Å². The van der Waals surface area contributed by atoms with E-state index < -0.39 is 28.5 Å². The van der Waals surface area contributed by atoms with Crippen molar-refractivity contribution in [2.75, 3.05) is 13.1 Å². The van der Waals surface area contributed by atoms with Gasteiger partial charge in [-0.1, -0.05) is 18.2 Å². The number of fused-ring (bicyclic) bond motifs is 4. The normalized spacial score (nSPS) is 19.1. The lowest BCUT2D eigenvalue weighted by molar-refractivity contribution is -0.123. The van der Waals surface area contributed by atoms with Gasteiger partial charge < -0.3 is 30.2 Å².